The highest BCUT2D eigenvalue weighted by Gasteiger charge is 2.21. The minimum atomic E-state index is -0.890. The molecule has 25 heavy (non-hydrogen) atoms. The van der Waals surface area contributed by atoms with Crippen molar-refractivity contribution >= 4 is 22.8 Å². The Kier molecular flexibility index (Phi) is 5.09. The zero-order chi connectivity index (χ0) is 17.6. The van der Waals surface area contributed by atoms with Crippen molar-refractivity contribution in [2.45, 2.75) is 19.4 Å². The van der Waals surface area contributed by atoms with Gasteiger partial charge in [0.15, 0.2) is 11.8 Å². The lowest BCUT2D eigenvalue weighted by Crippen LogP contribution is -2.37. The summed E-state index contributed by atoms with van der Waals surface area (Å²) < 4.78 is 5.23. The molecule has 0 aliphatic carbocycles. The maximum Gasteiger partial charge on any atom is 0.360 e. The molecule has 128 valence electrons. The molecule has 0 fully saturated rings. The van der Waals surface area contributed by atoms with Gasteiger partial charge in [0, 0.05) is 11.9 Å². The van der Waals surface area contributed by atoms with Crippen LogP contribution in [0.4, 0.5) is 0 Å². The second kappa shape index (κ2) is 7.61. The first kappa shape index (κ1) is 16.7. The lowest BCUT2D eigenvalue weighted by molar-refractivity contribution is -0.129. The molecular weight excluding hydrogens is 318 g/mol. The third kappa shape index (κ3) is 4.03. The van der Waals surface area contributed by atoms with E-state index in [0.29, 0.717) is 11.9 Å². The number of nitrogens with zero attached hydrogens (tertiary/aromatic N) is 1. The van der Waals surface area contributed by atoms with E-state index in [1.54, 1.807) is 13.0 Å². The number of amides is 1. The van der Waals surface area contributed by atoms with Gasteiger partial charge in [0.05, 0.1) is 5.52 Å². The van der Waals surface area contributed by atoms with Gasteiger partial charge in [-0.1, -0.05) is 48.5 Å². The maximum absolute atomic E-state index is 12.2. The molecule has 1 atom stereocenters. The van der Waals surface area contributed by atoms with E-state index in [1.807, 2.05) is 48.5 Å². The second-order valence-electron chi connectivity index (χ2n) is 5.69. The van der Waals surface area contributed by atoms with E-state index < -0.39 is 12.1 Å². The van der Waals surface area contributed by atoms with Crippen LogP contribution in [0, 0.1) is 0 Å². The minimum absolute atomic E-state index is 0.180. The van der Waals surface area contributed by atoms with Gasteiger partial charge >= 0.3 is 5.97 Å². The summed E-state index contributed by atoms with van der Waals surface area (Å²) in [5.74, 6) is -0.952. The van der Waals surface area contributed by atoms with Crippen LogP contribution in [0.25, 0.3) is 10.9 Å². The monoisotopic (exact) mass is 337 g/mol. The van der Waals surface area contributed by atoms with Crippen molar-refractivity contribution in [1.82, 2.24) is 15.5 Å². The van der Waals surface area contributed by atoms with E-state index in [1.165, 1.54) is 0 Å². The Balaban J connectivity index is 1.53. The average molecular weight is 337 g/mol. The van der Waals surface area contributed by atoms with E-state index >= 15 is 0 Å². The van der Waals surface area contributed by atoms with Crippen LogP contribution in [-0.2, 0) is 16.0 Å². The van der Waals surface area contributed by atoms with E-state index in [-0.39, 0.29) is 11.6 Å². The quantitative estimate of drug-likeness (QED) is 0.677. The zero-order valence-corrected chi connectivity index (χ0v) is 13.9. The standard InChI is InChI=1S/C19H19N3O3/c1-13(18(23)20-12-11-14-7-3-2-4-8-14)25-19(24)17-15-9-5-6-10-16(15)21-22-17/h2-10,13H,11-12H2,1H3,(H,20,23)(H,21,22)/t13-/m1/s1. The first-order valence-corrected chi connectivity index (χ1v) is 8.11. The molecule has 0 aliphatic rings. The number of carbonyl (C=O) groups is 2. The molecule has 6 heteroatoms. The molecule has 1 amide bonds. The van der Waals surface area contributed by atoms with Gasteiger partial charge in [0.1, 0.15) is 0 Å². The topological polar surface area (TPSA) is 84.1 Å². The number of para-hydroxylation sites is 1. The van der Waals surface area contributed by atoms with Crippen molar-refractivity contribution in [3.63, 3.8) is 0 Å². The number of esters is 1. The molecular formula is C19H19N3O3. The molecule has 0 aliphatic heterocycles. The van der Waals surface area contributed by atoms with Crippen LogP contribution in [0.3, 0.4) is 0 Å². The summed E-state index contributed by atoms with van der Waals surface area (Å²) in [6.07, 6.45) is -0.171. The van der Waals surface area contributed by atoms with E-state index in [9.17, 15) is 9.59 Å². The predicted octanol–water partition coefficient (Wildman–Crippen LogP) is 2.47. The molecule has 1 heterocycles. The SMILES string of the molecule is C[C@@H](OC(=O)c1n[nH]c2ccccc12)C(=O)NCCc1ccccc1. The smallest absolute Gasteiger partial charge is 0.360 e. The second-order valence-corrected chi connectivity index (χ2v) is 5.69. The van der Waals surface area contributed by atoms with Crippen LogP contribution in [0.15, 0.2) is 54.6 Å². The highest BCUT2D eigenvalue weighted by molar-refractivity contribution is 6.02. The highest BCUT2D eigenvalue weighted by Crippen LogP contribution is 2.16. The molecule has 3 aromatic rings. The summed E-state index contributed by atoms with van der Waals surface area (Å²) in [5.41, 5.74) is 2.06. The van der Waals surface area contributed by atoms with Gasteiger partial charge in [-0.05, 0) is 25.0 Å². The fourth-order valence-corrected chi connectivity index (χ4v) is 2.51. The fraction of sp³-hybridized carbons (Fsp3) is 0.211. The molecule has 1 aromatic heterocycles. The van der Waals surface area contributed by atoms with Gasteiger partial charge in [-0.3, -0.25) is 9.89 Å². The van der Waals surface area contributed by atoms with E-state index in [2.05, 4.69) is 15.5 Å². The van der Waals surface area contributed by atoms with Crippen molar-refractivity contribution in [2.24, 2.45) is 0 Å². The van der Waals surface area contributed by atoms with Gasteiger partial charge < -0.3 is 10.1 Å². The van der Waals surface area contributed by atoms with E-state index in [0.717, 1.165) is 17.5 Å². The minimum Gasteiger partial charge on any atom is -0.448 e. The molecule has 0 saturated heterocycles. The number of rotatable bonds is 6. The molecule has 2 aromatic carbocycles. The molecule has 3 rings (SSSR count). The third-order valence-electron chi connectivity index (χ3n) is 3.87. The summed E-state index contributed by atoms with van der Waals surface area (Å²) in [4.78, 5) is 24.3. The lowest BCUT2D eigenvalue weighted by atomic mass is 10.1. The average Bonchev–Trinajstić information content (AvgIpc) is 3.06. The highest BCUT2D eigenvalue weighted by atomic mass is 16.5. The van der Waals surface area contributed by atoms with Crippen molar-refractivity contribution in [3.8, 4) is 0 Å². The van der Waals surface area contributed by atoms with Crippen LogP contribution in [0.2, 0.25) is 0 Å². The summed E-state index contributed by atoms with van der Waals surface area (Å²) >= 11 is 0. The summed E-state index contributed by atoms with van der Waals surface area (Å²) in [7, 11) is 0. The number of aromatic nitrogens is 2. The Morgan fingerprint density at radius 3 is 2.64 bits per heavy atom. The Hall–Kier alpha value is -3.15. The number of carbonyl (C=O) groups excluding carboxylic acids is 2. The van der Waals surface area contributed by atoms with Crippen LogP contribution < -0.4 is 5.32 Å². The molecule has 0 saturated carbocycles. The van der Waals surface area contributed by atoms with Gasteiger partial charge in [-0.15, -0.1) is 0 Å². The summed E-state index contributed by atoms with van der Waals surface area (Å²) in [5, 5.41) is 10.2. The molecule has 0 radical (unpaired) electrons. The number of H-pyrrole nitrogens is 1. The lowest BCUT2D eigenvalue weighted by Gasteiger charge is -2.13. The van der Waals surface area contributed by atoms with Crippen molar-refractivity contribution in [2.75, 3.05) is 6.54 Å². The van der Waals surface area contributed by atoms with Crippen LogP contribution in [0.1, 0.15) is 23.0 Å². The van der Waals surface area contributed by atoms with Crippen LogP contribution >= 0.6 is 0 Å². The van der Waals surface area contributed by atoms with E-state index in [4.69, 9.17) is 4.74 Å². The number of benzene rings is 2. The first-order chi connectivity index (χ1) is 12.1. The molecule has 0 unspecified atom stereocenters. The molecule has 0 spiro atoms. The Morgan fingerprint density at radius 2 is 1.84 bits per heavy atom. The fourth-order valence-electron chi connectivity index (χ4n) is 2.51. The summed E-state index contributed by atoms with van der Waals surface area (Å²) in [6.45, 7) is 2.03. The number of ether oxygens (including phenoxy) is 1. The zero-order valence-electron chi connectivity index (χ0n) is 13.9. The van der Waals surface area contributed by atoms with Crippen LogP contribution in [-0.4, -0.2) is 34.7 Å². The van der Waals surface area contributed by atoms with Crippen molar-refractivity contribution in [1.29, 1.82) is 0 Å². The van der Waals surface area contributed by atoms with Crippen molar-refractivity contribution in [3.05, 3.63) is 65.9 Å². The van der Waals surface area contributed by atoms with Crippen molar-refractivity contribution < 1.29 is 14.3 Å². The van der Waals surface area contributed by atoms with Crippen LogP contribution in [0.5, 0.6) is 0 Å². The molecule has 6 nitrogen and oxygen atoms in total. The Bertz CT molecular complexity index is 874. The van der Waals surface area contributed by atoms with Gasteiger partial charge in [-0.2, -0.15) is 5.10 Å². The van der Waals surface area contributed by atoms with Gasteiger partial charge in [0.25, 0.3) is 5.91 Å². The third-order valence-corrected chi connectivity index (χ3v) is 3.87. The maximum atomic E-state index is 12.2. The van der Waals surface area contributed by atoms with Gasteiger partial charge in [0.2, 0.25) is 0 Å². The number of hydrogen-bond donors (Lipinski definition) is 2. The Labute approximate surface area is 145 Å². The number of nitrogens with one attached hydrogen (secondary N) is 2. The Morgan fingerprint density at radius 1 is 1.12 bits per heavy atom. The summed E-state index contributed by atoms with van der Waals surface area (Å²) in [6, 6.07) is 17.1. The largest absolute Gasteiger partial charge is 0.448 e. The number of aromatic amines is 1. The van der Waals surface area contributed by atoms with Gasteiger partial charge in [-0.25, -0.2) is 4.79 Å². The predicted molar refractivity (Wildman–Crippen MR) is 94.1 cm³/mol. The normalized spacial score (nSPS) is 11.9. The number of hydrogen-bond acceptors (Lipinski definition) is 4. The molecule has 0 bridgehead atoms. The number of fused-ring (bicyclic) bond motifs is 1. The first-order valence-electron chi connectivity index (χ1n) is 8.11. The molecule has 2 N–H and O–H groups in total.